The third-order valence-corrected chi connectivity index (χ3v) is 6.23. The van der Waals surface area contributed by atoms with E-state index in [4.69, 9.17) is 15.2 Å². The Labute approximate surface area is 159 Å². The van der Waals surface area contributed by atoms with Crippen LogP contribution in [0, 0.1) is 5.41 Å². The number of carbonyl (C=O) groups excluding carboxylic acids is 1. The SMILES string of the molecule is CCOC1CC(N)(C(=O)Nc2ccc3nc(C4CCCO4)[nH]c3c2)C1(C)C. The van der Waals surface area contributed by atoms with Crippen LogP contribution in [0.4, 0.5) is 5.69 Å². The van der Waals surface area contributed by atoms with Crippen LogP contribution in [0.25, 0.3) is 11.0 Å². The largest absolute Gasteiger partial charge is 0.378 e. The summed E-state index contributed by atoms with van der Waals surface area (Å²) in [6.07, 6.45) is 2.60. The molecule has 7 heteroatoms. The summed E-state index contributed by atoms with van der Waals surface area (Å²) in [5.74, 6) is 0.669. The zero-order valence-electron chi connectivity index (χ0n) is 16.2. The van der Waals surface area contributed by atoms with E-state index in [1.54, 1.807) is 0 Å². The zero-order valence-corrected chi connectivity index (χ0v) is 16.2. The molecular formula is C20H28N4O3. The van der Waals surface area contributed by atoms with Crippen molar-refractivity contribution in [3.8, 4) is 0 Å². The van der Waals surface area contributed by atoms with Gasteiger partial charge in [-0.3, -0.25) is 4.79 Å². The van der Waals surface area contributed by atoms with Crippen molar-refractivity contribution in [2.24, 2.45) is 11.1 Å². The molecule has 3 unspecified atom stereocenters. The summed E-state index contributed by atoms with van der Waals surface area (Å²) >= 11 is 0. The van der Waals surface area contributed by atoms with E-state index in [-0.39, 0.29) is 18.1 Å². The van der Waals surface area contributed by atoms with Crippen LogP contribution >= 0.6 is 0 Å². The molecule has 1 aromatic carbocycles. The molecule has 2 aromatic rings. The summed E-state index contributed by atoms with van der Waals surface area (Å²) < 4.78 is 11.4. The molecule has 4 N–H and O–H groups in total. The van der Waals surface area contributed by atoms with Gasteiger partial charge in [0.05, 0.1) is 17.1 Å². The molecule has 0 bridgehead atoms. The fourth-order valence-electron chi connectivity index (χ4n) is 4.12. The number of aromatic nitrogens is 2. The van der Waals surface area contributed by atoms with Gasteiger partial charge in [0, 0.05) is 30.7 Å². The first-order chi connectivity index (χ1) is 12.8. The lowest BCUT2D eigenvalue weighted by atomic mass is 9.54. The number of H-pyrrole nitrogens is 1. The molecule has 2 aliphatic rings. The lowest BCUT2D eigenvalue weighted by Gasteiger charge is -2.57. The molecule has 0 radical (unpaired) electrons. The zero-order chi connectivity index (χ0) is 19.2. The van der Waals surface area contributed by atoms with E-state index in [0.29, 0.717) is 18.7 Å². The number of amides is 1. The first kappa shape index (κ1) is 18.4. The van der Waals surface area contributed by atoms with E-state index in [0.717, 1.165) is 36.3 Å². The highest BCUT2D eigenvalue weighted by molar-refractivity contribution is 6.00. The Morgan fingerprint density at radius 3 is 2.96 bits per heavy atom. The van der Waals surface area contributed by atoms with Gasteiger partial charge in [0.2, 0.25) is 5.91 Å². The van der Waals surface area contributed by atoms with Crippen LogP contribution in [0.3, 0.4) is 0 Å². The number of ether oxygens (including phenoxy) is 2. The normalized spacial score (nSPS) is 29.6. The number of benzene rings is 1. The smallest absolute Gasteiger partial charge is 0.245 e. The van der Waals surface area contributed by atoms with Crippen LogP contribution in [0.15, 0.2) is 18.2 Å². The van der Waals surface area contributed by atoms with Crippen LogP contribution in [-0.4, -0.2) is 40.7 Å². The van der Waals surface area contributed by atoms with Crippen molar-refractivity contribution in [1.82, 2.24) is 9.97 Å². The van der Waals surface area contributed by atoms with Crippen molar-refractivity contribution in [3.63, 3.8) is 0 Å². The second kappa shape index (κ2) is 6.58. The molecule has 0 spiro atoms. The first-order valence-electron chi connectivity index (χ1n) is 9.68. The molecule has 2 heterocycles. The molecule has 7 nitrogen and oxygen atoms in total. The van der Waals surface area contributed by atoms with E-state index >= 15 is 0 Å². The maximum absolute atomic E-state index is 12.9. The lowest BCUT2D eigenvalue weighted by molar-refractivity contribution is -0.166. The molecular weight excluding hydrogens is 344 g/mol. The van der Waals surface area contributed by atoms with E-state index < -0.39 is 11.0 Å². The van der Waals surface area contributed by atoms with Gasteiger partial charge >= 0.3 is 0 Å². The number of nitrogens with zero attached hydrogens (tertiary/aromatic N) is 1. The molecule has 1 aliphatic carbocycles. The number of carbonyl (C=O) groups is 1. The quantitative estimate of drug-likeness (QED) is 0.749. The summed E-state index contributed by atoms with van der Waals surface area (Å²) in [4.78, 5) is 20.8. The number of aromatic amines is 1. The van der Waals surface area contributed by atoms with E-state index in [1.807, 2.05) is 39.0 Å². The van der Waals surface area contributed by atoms with Crippen molar-refractivity contribution >= 4 is 22.6 Å². The molecule has 1 saturated heterocycles. The Balaban J connectivity index is 1.50. The Kier molecular flexibility index (Phi) is 4.49. The van der Waals surface area contributed by atoms with E-state index in [9.17, 15) is 4.79 Å². The minimum absolute atomic E-state index is 0.00214. The highest BCUT2D eigenvalue weighted by atomic mass is 16.5. The van der Waals surface area contributed by atoms with Crippen molar-refractivity contribution < 1.29 is 14.3 Å². The van der Waals surface area contributed by atoms with Gasteiger partial charge in [0.1, 0.15) is 17.5 Å². The molecule has 4 rings (SSSR count). The Morgan fingerprint density at radius 1 is 1.48 bits per heavy atom. The monoisotopic (exact) mass is 372 g/mol. The molecule has 1 saturated carbocycles. The number of nitrogens with one attached hydrogen (secondary N) is 2. The fourth-order valence-corrected chi connectivity index (χ4v) is 4.12. The molecule has 1 amide bonds. The van der Waals surface area contributed by atoms with Gasteiger partial charge in [-0.25, -0.2) is 4.98 Å². The van der Waals surface area contributed by atoms with Gasteiger partial charge in [-0.2, -0.15) is 0 Å². The second-order valence-electron chi connectivity index (χ2n) is 8.15. The number of hydrogen-bond donors (Lipinski definition) is 3. The van der Waals surface area contributed by atoms with E-state index in [2.05, 4.69) is 15.3 Å². The molecule has 3 atom stereocenters. The Hall–Kier alpha value is -1.96. The van der Waals surface area contributed by atoms with Gasteiger partial charge in [-0.15, -0.1) is 0 Å². The maximum Gasteiger partial charge on any atom is 0.245 e. The standard InChI is InChI=1S/C20H28N4O3/c1-4-26-16-11-20(21,19(16,2)3)18(25)22-12-7-8-13-14(10-12)24-17(23-13)15-6-5-9-27-15/h7-8,10,15-16H,4-6,9,11,21H2,1-3H3,(H,22,25)(H,23,24). The van der Waals surface area contributed by atoms with Crippen LogP contribution in [0.5, 0.6) is 0 Å². The molecule has 2 fully saturated rings. The topological polar surface area (TPSA) is 102 Å². The Bertz CT molecular complexity index is 856. The van der Waals surface area contributed by atoms with Gasteiger partial charge in [-0.05, 0) is 38.0 Å². The molecule has 1 aromatic heterocycles. The minimum atomic E-state index is -0.946. The highest BCUT2D eigenvalue weighted by Gasteiger charge is 2.62. The summed E-state index contributed by atoms with van der Waals surface area (Å²) in [5, 5.41) is 2.98. The minimum Gasteiger partial charge on any atom is -0.378 e. The number of anilines is 1. The number of hydrogen-bond acceptors (Lipinski definition) is 5. The van der Waals surface area contributed by atoms with Crippen LogP contribution in [0.1, 0.15) is 52.0 Å². The second-order valence-corrected chi connectivity index (χ2v) is 8.15. The summed E-state index contributed by atoms with van der Waals surface area (Å²) in [5.41, 5.74) is 7.54. The van der Waals surface area contributed by atoms with Gasteiger partial charge in [0.15, 0.2) is 0 Å². The Morgan fingerprint density at radius 2 is 2.30 bits per heavy atom. The number of nitrogens with two attached hydrogens (primary N) is 1. The highest BCUT2D eigenvalue weighted by Crippen LogP contribution is 2.50. The first-order valence-corrected chi connectivity index (χ1v) is 9.68. The fraction of sp³-hybridized carbons (Fsp3) is 0.600. The van der Waals surface area contributed by atoms with Gasteiger partial charge < -0.3 is 25.5 Å². The van der Waals surface area contributed by atoms with Crippen LogP contribution in [-0.2, 0) is 14.3 Å². The number of fused-ring (bicyclic) bond motifs is 1. The average Bonchev–Trinajstić information content (AvgIpc) is 3.30. The number of rotatable bonds is 5. The van der Waals surface area contributed by atoms with Gasteiger partial charge in [-0.1, -0.05) is 13.8 Å². The van der Waals surface area contributed by atoms with E-state index in [1.165, 1.54) is 0 Å². The van der Waals surface area contributed by atoms with Gasteiger partial charge in [0.25, 0.3) is 0 Å². The molecule has 1 aliphatic heterocycles. The summed E-state index contributed by atoms with van der Waals surface area (Å²) in [6.45, 7) is 7.33. The number of imidazole rings is 1. The molecule has 146 valence electrons. The van der Waals surface area contributed by atoms with Crippen LogP contribution in [0.2, 0.25) is 0 Å². The van der Waals surface area contributed by atoms with Crippen molar-refractivity contribution in [2.75, 3.05) is 18.5 Å². The maximum atomic E-state index is 12.9. The summed E-state index contributed by atoms with van der Waals surface area (Å²) in [6, 6.07) is 5.65. The van der Waals surface area contributed by atoms with Crippen molar-refractivity contribution in [3.05, 3.63) is 24.0 Å². The average molecular weight is 372 g/mol. The van der Waals surface area contributed by atoms with Crippen LogP contribution < -0.4 is 11.1 Å². The van der Waals surface area contributed by atoms with Crippen molar-refractivity contribution in [1.29, 1.82) is 0 Å². The third kappa shape index (κ3) is 2.94. The van der Waals surface area contributed by atoms with Crippen molar-refractivity contribution in [2.45, 2.75) is 57.8 Å². The third-order valence-electron chi connectivity index (χ3n) is 6.23. The molecule has 27 heavy (non-hydrogen) atoms. The predicted molar refractivity (Wildman–Crippen MR) is 103 cm³/mol. The lowest BCUT2D eigenvalue weighted by Crippen LogP contribution is -2.74. The predicted octanol–water partition coefficient (Wildman–Crippen LogP) is 2.89. The summed E-state index contributed by atoms with van der Waals surface area (Å²) in [7, 11) is 0.